The normalized spacial score (nSPS) is 16.7. The number of ether oxygens (including phenoxy) is 1. The van der Waals surface area contributed by atoms with Crippen molar-refractivity contribution >= 4 is 0 Å². The maximum atomic E-state index is 9.75. The highest BCUT2D eigenvalue weighted by atomic mass is 16.5. The van der Waals surface area contributed by atoms with Crippen molar-refractivity contribution in [3.05, 3.63) is 59.2 Å². The minimum atomic E-state index is -0.334. The molecule has 1 aliphatic carbocycles. The molecule has 0 saturated heterocycles. The van der Waals surface area contributed by atoms with Crippen LogP contribution in [0.5, 0.6) is 11.5 Å². The molecule has 94 valence electrons. The van der Waals surface area contributed by atoms with E-state index in [2.05, 4.69) is 6.07 Å². The number of aryl methyl sites for hydroxylation is 1. The Morgan fingerprint density at radius 1 is 1.11 bits per heavy atom. The van der Waals surface area contributed by atoms with Gasteiger partial charge in [0.1, 0.15) is 11.5 Å². The van der Waals surface area contributed by atoms with Gasteiger partial charge in [-0.3, -0.25) is 0 Å². The zero-order valence-corrected chi connectivity index (χ0v) is 10.3. The Bertz CT molecular complexity index is 641. The Kier molecular flexibility index (Phi) is 2.94. The van der Waals surface area contributed by atoms with Crippen LogP contribution in [0.3, 0.4) is 0 Å². The summed E-state index contributed by atoms with van der Waals surface area (Å²) in [6.07, 6.45) is 1.34. The predicted octanol–water partition coefficient (Wildman–Crippen LogP) is 3.33. The molecule has 3 heteroatoms. The van der Waals surface area contributed by atoms with E-state index >= 15 is 0 Å². The first kappa shape index (κ1) is 11.8. The molecule has 1 N–H and O–H groups in total. The summed E-state index contributed by atoms with van der Waals surface area (Å²) in [5, 5.41) is 18.5. The van der Waals surface area contributed by atoms with Crippen molar-refractivity contribution in [3.8, 4) is 17.6 Å². The van der Waals surface area contributed by atoms with E-state index in [1.54, 1.807) is 24.3 Å². The minimum absolute atomic E-state index is 0.334. The highest BCUT2D eigenvalue weighted by molar-refractivity contribution is 5.42. The van der Waals surface area contributed by atoms with Crippen LogP contribution in [-0.4, -0.2) is 5.11 Å². The maximum absolute atomic E-state index is 9.75. The van der Waals surface area contributed by atoms with Gasteiger partial charge in [0.25, 0.3) is 0 Å². The third kappa shape index (κ3) is 2.31. The molecule has 0 fully saturated rings. The number of fused-ring (bicyclic) bond motifs is 1. The van der Waals surface area contributed by atoms with E-state index in [-0.39, 0.29) is 6.10 Å². The molecular formula is C16H13NO2. The van der Waals surface area contributed by atoms with Gasteiger partial charge in [0.15, 0.2) is 0 Å². The van der Waals surface area contributed by atoms with E-state index in [0.717, 1.165) is 29.7 Å². The van der Waals surface area contributed by atoms with Crippen LogP contribution in [0.1, 0.15) is 29.2 Å². The van der Waals surface area contributed by atoms with Crippen molar-refractivity contribution < 1.29 is 9.84 Å². The summed E-state index contributed by atoms with van der Waals surface area (Å²) >= 11 is 0. The summed E-state index contributed by atoms with van der Waals surface area (Å²) in [5.41, 5.74) is 2.77. The lowest BCUT2D eigenvalue weighted by atomic mass is 10.1. The number of hydrogen-bond donors (Lipinski definition) is 1. The fourth-order valence-electron chi connectivity index (χ4n) is 2.37. The van der Waals surface area contributed by atoms with Crippen molar-refractivity contribution in [1.82, 2.24) is 0 Å². The zero-order valence-electron chi connectivity index (χ0n) is 10.3. The van der Waals surface area contributed by atoms with E-state index in [0.29, 0.717) is 11.3 Å². The van der Waals surface area contributed by atoms with Gasteiger partial charge in [0.05, 0.1) is 17.7 Å². The molecule has 0 radical (unpaired) electrons. The molecule has 1 atom stereocenters. The smallest absolute Gasteiger partial charge is 0.127 e. The van der Waals surface area contributed by atoms with Crippen LogP contribution >= 0.6 is 0 Å². The van der Waals surface area contributed by atoms with E-state index in [1.165, 1.54) is 0 Å². The van der Waals surface area contributed by atoms with Crippen LogP contribution in [0.25, 0.3) is 0 Å². The van der Waals surface area contributed by atoms with Gasteiger partial charge < -0.3 is 9.84 Å². The SMILES string of the molecule is N#Cc1ccc(Oc2ccc3c(c2)CC[C@H]3O)cc1. The summed E-state index contributed by atoms with van der Waals surface area (Å²) in [6, 6.07) is 14.9. The van der Waals surface area contributed by atoms with Crippen molar-refractivity contribution in [3.63, 3.8) is 0 Å². The van der Waals surface area contributed by atoms with Crippen LogP contribution < -0.4 is 4.74 Å². The van der Waals surface area contributed by atoms with Crippen LogP contribution in [0.2, 0.25) is 0 Å². The first-order valence-electron chi connectivity index (χ1n) is 6.25. The molecule has 0 unspecified atom stereocenters. The molecule has 0 saturated carbocycles. The number of benzene rings is 2. The topological polar surface area (TPSA) is 53.2 Å². The van der Waals surface area contributed by atoms with Crippen molar-refractivity contribution in [2.24, 2.45) is 0 Å². The van der Waals surface area contributed by atoms with Crippen molar-refractivity contribution in [2.75, 3.05) is 0 Å². The van der Waals surface area contributed by atoms with Crippen LogP contribution in [0, 0.1) is 11.3 Å². The molecule has 1 aliphatic rings. The fraction of sp³-hybridized carbons (Fsp3) is 0.188. The van der Waals surface area contributed by atoms with Crippen molar-refractivity contribution in [1.29, 1.82) is 5.26 Å². The standard InChI is InChI=1S/C16H13NO2/c17-10-11-1-4-13(5-2-11)19-14-6-7-15-12(9-14)3-8-16(15)18/h1-2,4-7,9,16,18H,3,8H2/t16-/m1/s1. The molecule has 0 bridgehead atoms. The second kappa shape index (κ2) is 4.75. The minimum Gasteiger partial charge on any atom is -0.457 e. The highest BCUT2D eigenvalue weighted by Gasteiger charge is 2.20. The maximum Gasteiger partial charge on any atom is 0.127 e. The molecular weight excluding hydrogens is 238 g/mol. The van der Waals surface area contributed by atoms with Gasteiger partial charge in [-0.05, 0) is 60.4 Å². The third-order valence-electron chi connectivity index (χ3n) is 3.38. The van der Waals surface area contributed by atoms with Gasteiger partial charge in [0, 0.05) is 0 Å². The van der Waals surface area contributed by atoms with Crippen molar-refractivity contribution in [2.45, 2.75) is 18.9 Å². The highest BCUT2D eigenvalue weighted by Crippen LogP contribution is 2.34. The lowest BCUT2D eigenvalue weighted by molar-refractivity contribution is 0.180. The van der Waals surface area contributed by atoms with Gasteiger partial charge >= 0.3 is 0 Å². The summed E-state index contributed by atoms with van der Waals surface area (Å²) in [4.78, 5) is 0. The molecule has 0 heterocycles. The molecule has 2 aromatic rings. The monoisotopic (exact) mass is 251 g/mol. The quantitative estimate of drug-likeness (QED) is 0.890. The number of aliphatic hydroxyl groups is 1. The number of nitriles is 1. The Labute approximate surface area is 111 Å². The molecule has 3 nitrogen and oxygen atoms in total. The predicted molar refractivity (Wildman–Crippen MR) is 71.0 cm³/mol. The van der Waals surface area contributed by atoms with Gasteiger partial charge in [-0.2, -0.15) is 5.26 Å². The molecule has 3 rings (SSSR count). The van der Waals surface area contributed by atoms with Gasteiger partial charge in [-0.15, -0.1) is 0 Å². The fourth-order valence-corrected chi connectivity index (χ4v) is 2.37. The summed E-state index contributed by atoms with van der Waals surface area (Å²) in [5.74, 6) is 1.47. The van der Waals surface area contributed by atoms with Gasteiger partial charge in [-0.25, -0.2) is 0 Å². The summed E-state index contributed by atoms with van der Waals surface area (Å²) in [7, 11) is 0. The molecule has 0 aromatic heterocycles. The number of nitrogens with zero attached hydrogens (tertiary/aromatic N) is 1. The van der Waals surface area contributed by atoms with Gasteiger partial charge in [-0.1, -0.05) is 6.07 Å². The second-order valence-corrected chi connectivity index (χ2v) is 4.65. The molecule has 19 heavy (non-hydrogen) atoms. The van der Waals surface area contributed by atoms with E-state index in [1.807, 2.05) is 18.2 Å². The first-order valence-corrected chi connectivity index (χ1v) is 6.25. The number of aliphatic hydroxyl groups excluding tert-OH is 1. The average molecular weight is 251 g/mol. The Morgan fingerprint density at radius 2 is 1.84 bits per heavy atom. The summed E-state index contributed by atoms with van der Waals surface area (Å²) in [6.45, 7) is 0. The van der Waals surface area contributed by atoms with E-state index in [4.69, 9.17) is 10.00 Å². The first-order chi connectivity index (χ1) is 9.26. The van der Waals surface area contributed by atoms with Gasteiger partial charge in [0.2, 0.25) is 0 Å². The van der Waals surface area contributed by atoms with Crippen LogP contribution in [-0.2, 0) is 6.42 Å². The zero-order chi connectivity index (χ0) is 13.2. The Balaban J connectivity index is 1.82. The van der Waals surface area contributed by atoms with E-state index in [9.17, 15) is 5.11 Å². The summed E-state index contributed by atoms with van der Waals surface area (Å²) < 4.78 is 5.75. The lowest BCUT2D eigenvalue weighted by Gasteiger charge is -2.08. The molecule has 0 spiro atoms. The molecule has 0 amide bonds. The largest absolute Gasteiger partial charge is 0.457 e. The molecule has 0 aliphatic heterocycles. The lowest BCUT2D eigenvalue weighted by Crippen LogP contribution is -1.91. The number of hydrogen-bond acceptors (Lipinski definition) is 3. The van der Waals surface area contributed by atoms with Crippen LogP contribution in [0.4, 0.5) is 0 Å². The Morgan fingerprint density at radius 3 is 2.58 bits per heavy atom. The second-order valence-electron chi connectivity index (χ2n) is 4.65. The number of rotatable bonds is 2. The Hall–Kier alpha value is -2.31. The average Bonchev–Trinajstić information content (AvgIpc) is 2.81. The van der Waals surface area contributed by atoms with E-state index < -0.39 is 0 Å². The third-order valence-corrected chi connectivity index (χ3v) is 3.38. The van der Waals surface area contributed by atoms with Crippen LogP contribution in [0.15, 0.2) is 42.5 Å². The molecule has 2 aromatic carbocycles.